The van der Waals surface area contributed by atoms with Crippen LogP contribution in [-0.2, 0) is 11.2 Å². The minimum atomic E-state index is 0.406. The molecule has 1 aliphatic rings. The number of rotatable bonds is 2. The molecule has 1 aromatic rings. The number of nitrogens with zero attached hydrogens (tertiary/aromatic N) is 2. The van der Waals surface area contributed by atoms with Crippen LogP contribution in [0.1, 0.15) is 5.56 Å². The third kappa shape index (κ3) is 2.46. The molecule has 0 N–H and O–H groups in total. The number of morpholine rings is 1. The van der Waals surface area contributed by atoms with Crippen molar-refractivity contribution in [1.29, 1.82) is 5.26 Å². The van der Waals surface area contributed by atoms with E-state index in [0.717, 1.165) is 42.6 Å². The summed E-state index contributed by atoms with van der Waals surface area (Å²) >= 11 is 6.21. The molecule has 1 aromatic carbocycles. The summed E-state index contributed by atoms with van der Waals surface area (Å²) in [6, 6.07) is 7.93. The third-order valence-corrected chi connectivity index (χ3v) is 2.95. The lowest BCUT2D eigenvalue weighted by Crippen LogP contribution is -2.36. The molecule has 3 nitrogen and oxygen atoms in total. The van der Waals surface area contributed by atoms with Crippen molar-refractivity contribution >= 4 is 17.3 Å². The fourth-order valence-electron chi connectivity index (χ4n) is 1.81. The molecule has 0 spiro atoms. The summed E-state index contributed by atoms with van der Waals surface area (Å²) in [7, 11) is 0. The highest BCUT2D eigenvalue weighted by molar-refractivity contribution is 6.33. The zero-order valence-electron chi connectivity index (χ0n) is 8.95. The van der Waals surface area contributed by atoms with Crippen LogP contribution in [-0.4, -0.2) is 26.3 Å². The van der Waals surface area contributed by atoms with Gasteiger partial charge in [-0.05, 0) is 17.7 Å². The molecule has 0 atom stereocenters. The molecule has 84 valence electrons. The molecule has 1 fully saturated rings. The molecule has 0 saturated carbocycles. The Labute approximate surface area is 100 Å². The molecule has 2 rings (SSSR count). The molecule has 0 bridgehead atoms. The van der Waals surface area contributed by atoms with Gasteiger partial charge in [-0.15, -0.1) is 0 Å². The van der Waals surface area contributed by atoms with Crippen LogP contribution in [0.5, 0.6) is 0 Å². The predicted octanol–water partition coefficient (Wildman–Crippen LogP) is 2.24. The van der Waals surface area contributed by atoms with Crippen LogP contribution >= 0.6 is 11.6 Å². The first kappa shape index (κ1) is 11.3. The maximum atomic E-state index is 8.61. The van der Waals surface area contributed by atoms with Gasteiger partial charge in [0.25, 0.3) is 0 Å². The van der Waals surface area contributed by atoms with Gasteiger partial charge in [-0.25, -0.2) is 0 Å². The normalized spacial score (nSPS) is 15.9. The molecule has 1 saturated heterocycles. The van der Waals surface area contributed by atoms with Crippen LogP contribution < -0.4 is 4.90 Å². The van der Waals surface area contributed by atoms with Gasteiger partial charge in [0, 0.05) is 13.1 Å². The molecule has 0 radical (unpaired) electrons. The van der Waals surface area contributed by atoms with Crippen molar-refractivity contribution < 1.29 is 4.74 Å². The second kappa shape index (κ2) is 5.20. The smallest absolute Gasteiger partial charge is 0.0669 e. The first-order valence-corrected chi connectivity index (χ1v) is 5.67. The molecular weight excluding hydrogens is 224 g/mol. The van der Waals surface area contributed by atoms with Crippen LogP contribution in [0.15, 0.2) is 18.2 Å². The lowest BCUT2D eigenvalue weighted by atomic mass is 10.1. The van der Waals surface area contributed by atoms with Gasteiger partial charge in [0.2, 0.25) is 0 Å². The molecule has 16 heavy (non-hydrogen) atoms. The fourth-order valence-corrected chi connectivity index (χ4v) is 2.14. The van der Waals surface area contributed by atoms with Crippen LogP contribution in [0.25, 0.3) is 0 Å². The van der Waals surface area contributed by atoms with E-state index in [1.807, 2.05) is 18.2 Å². The molecule has 4 heteroatoms. The summed E-state index contributed by atoms with van der Waals surface area (Å²) in [5.74, 6) is 0. The Hall–Kier alpha value is -1.24. The zero-order valence-corrected chi connectivity index (χ0v) is 9.70. The Kier molecular flexibility index (Phi) is 3.66. The first-order chi connectivity index (χ1) is 7.81. The predicted molar refractivity (Wildman–Crippen MR) is 63.8 cm³/mol. The lowest BCUT2D eigenvalue weighted by molar-refractivity contribution is 0.122. The number of halogens is 1. The summed E-state index contributed by atoms with van der Waals surface area (Å²) in [4.78, 5) is 2.21. The average molecular weight is 237 g/mol. The molecular formula is C12H13ClN2O. The first-order valence-electron chi connectivity index (χ1n) is 5.29. The maximum Gasteiger partial charge on any atom is 0.0669 e. The average Bonchev–Trinajstić information content (AvgIpc) is 2.31. The fraction of sp³-hybridized carbons (Fsp3) is 0.417. The van der Waals surface area contributed by atoms with Crippen LogP contribution in [0.3, 0.4) is 0 Å². The van der Waals surface area contributed by atoms with Gasteiger partial charge in [-0.1, -0.05) is 17.7 Å². The number of hydrogen-bond donors (Lipinski definition) is 0. The number of hydrogen-bond acceptors (Lipinski definition) is 3. The topological polar surface area (TPSA) is 36.3 Å². The van der Waals surface area contributed by atoms with E-state index in [0.29, 0.717) is 6.42 Å². The van der Waals surface area contributed by atoms with Gasteiger partial charge >= 0.3 is 0 Å². The molecule has 0 aliphatic carbocycles. The van der Waals surface area contributed by atoms with Gasteiger partial charge in [-0.2, -0.15) is 5.26 Å². The minimum Gasteiger partial charge on any atom is -0.378 e. The SMILES string of the molecule is N#CCc1ccc(N2CCOCC2)c(Cl)c1. The van der Waals surface area contributed by atoms with E-state index in [1.165, 1.54) is 0 Å². The van der Waals surface area contributed by atoms with E-state index in [4.69, 9.17) is 21.6 Å². The van der Waals surface area contributed by atoms with E-state index >= 15 is 0 Å². The molecule has 0 aromatic heterocycles. The van der Waals surface area contributed by atoms with Crippen LogP contribution in [0.4, 0.5) is 5.69 Å². The van der Waals surface area contributed by atoms with Crippen LogP contribution in [0.2, 0.25) is 5.02 Å². The quantitative estimate of drug-likeness (QED) is 0.790. The largest absolute Gasteiger partial charge is 0.378 e. The van der Waals surface area contributed by atoms with E-state index in [2.05, 4.69) is 11.0 Å². The molecule has 0 amide bonds. The van der Waals surface area contributed by atoms with Gasteiger partial charge in [0.15, 0.2) is 0 Å². The summed E-state index contributed by atoms with van der Waals surface area (Å²) < 4.78 is 5.30. The lowest BCUT2D eigenvalue weighted by Gasteiger charge is -2.29. The molecule has 0 unspecified atom stereocenters. The van der Waals surface area contributed by atoms with Crippen LogP contribution in [0, 0.1) is 11.3 Å². The van der Waals surface area contributed by atoms with Crippen molar-refractivity contribution in [3.8, 4) is 6.07 Å². The minimum absolute atomic E-state index is 0.406. The molecule has 1 heterocycles. The number of ether oxygens (including phenoxy) is 1. The van der Waals surface area contributed by atoms with Crippen molar-refractivity contribution in [2.24, 2.45) is 0 Å². The summed E-state index contributed by atoms with van der Waals surface area (Å²) in [6.45, 7) is 3.24. The highest BCUT2D eigenvalue weighted by Crippen LogP contribution is 2.27. The summed E-state index contributed by atoms with van der Waals surface area (Å²) in [5.41, 5.74) is 2.00. The Balaban J connectivity index is 2.18. The Bertz CT molecular complexity index is 408. The maximum absolute atomic E-state index is 8.61. The Morgan fingerprint density at radius 3 is 2.75 bits per heavy atom. The monoisotopic (exact) mass is 236 g/mol. The second-order valence-corrected chi connectivity index (χ2v) is 4.13. The third-order valence-electron chi connectivity index (χ3n) is 2.65. The van der Waals surface area contributed by atoms with Gasteiger partial charge < -0.3 is 9.64 Å². The van der Waals surface area contributed by atoms with E-state index in [-0.39, 0.29) is 0 Å². The second-order valence-electron chi connectivity index (χ2n) is 3.72. The molecule has 1 aliphatic heterocycles. The summed E-state index contributed by atoms with van der Waals surface area (Å²) in [6.07, 6.45) is 0.406. The van der Waals surface area contributed by atoms with E-state index in [9.17, 15) is 0 Å². The van der Waals surface area contributed by atoms with Crippen molar-refractivity contribution in [2.45, 2.75) is 6.42 Å². The highest BCUT2D eigenvalue weighted by Gasteiger charge is 2.14. The highest BCUT2D eigenvalue weighted by atomic mass is 35.5. The van der Waals surface area contributed by atoms with Gasteiger partial charge in [-0.3, -0.25) is 0 Å². The zero-order chi connectivity index (χ0) is 11.4. The van der Waals surface area contributed by atoms with Crippen molar-refractivity contribution in [3.63, 3.8) is 0 Å². The van der Waals surface area contributed by atoms with Crippen molar-refractivity contribution in [1.82, 2.24) is 0 Å². The Morgan fingerprint density at radius 2 is 2.12 bits per heavy atom. The number of nitriles is 1. The van der Waals surface area contributed by atoms with E-state index < -0.39 is 0 Å². The van der Waals surface area contributed by atoms with E-state index in [1.54, 1.807) is 0 Å². The van der Waals surface area contributed by atoms with Gasteiger partial charge in [0.1, 0.15) is 0 Å². The van der Waals surface area contributed by atoms with Gasteiger partial charge in [0.05, 0.1) is 36.4 Å². The number of benzene rings is 1. The number of anilines is 1. The summed E-state index contributed by atoms with van der Waals surface area (Å²) in [5, 5.41) is 9.33. The van der Waals surface area contributed by atoms with Crippen molar-refractivity contribution in [3.05, 3.63) is 28.8 Å². The standard InChI is InChI=1S/C12H13ClN2O/c13-11-9-10(3-4-14)1-2-12(11)15-5-7-16-8-6-15/h1-2,9H,3,5-8H2. The van der Waals surface area contributed by atoms with Crippen molar-refractivity contribution in [2.75, 3.05) is 31.2 Å². The Morgan fingerprint density at radius 1 is 1.38 bits per heavy atom.